The Hall–Kier alpha value is -4.60. The summed E-state index contributed by atoms with van der Waals surface area (Å²) in [5.41, 5.74) is 6.23. The van der Waals surface area contributed by atoms with Crippen LogP contribution in [-0.4, -0.2) is 157 Å². The number of anilines is 4. The van der Waals surface area contributed by atoms with Gasteiger partial charge in [0.2, 0.25) is 43.7 Å². The molecule has 0 radical (unpaired) electrons. The largest absolute Gasteiger partial charge is 0.480 e. The number of hydrogen-bond donors (Lipinski definition) is 2. The zero-order chi connectivity index (χ0) is 48.3. The molecule has 0 amide bonds. The van der Waals surface area contributed by atoms with E-state index < -0.39 is 20.0 Å². The van der Waals surface area contributed by atoms with Crippen molar-refractivity contribution in [2.45, 2.75) is 39.3 Å². The lowest BCUT2D eigenvalue weighted by Crippen LogP contribution is -2.37. The van der Waals surface area contributed by atoms with Gasteiger partial charge in [-0.3, -0.25) is 14.3 Å². The van der Waals surface area contributed by atoms with E-state index in [1.165, 1.54) is 24.7 Å². The minimum atomic E-state index is -3.54. The lowest BCUT2D eigenvalue weighted by molar-refractivity contribution is 0.0389. The maximum absolute atomic E-state index is 12.0. The molecule has 366 valence electrons. The first kappa shape index (κ1) is 49.8. The van der Waals surface area contributed by atoms with E-state index >= 15 is 0 Å². The van der Waals surface area contributed by atoms with E-state index in [4.69, 9.17) is 43.6 Å². The highest BCUT2D eigenvalue weighted by Gasteiger charge is 2.27. The van der Waals surface area contributed by atoms with Crippen LogP contribution in [0.5, 0.6) is 11.8 Å². The summed E-state index contributed by atoms with van der Waals surface area (Å²) in [7, 11) is -2.37. The van der Waals surface area contributed by atoms with Gasteiger partial charge in [0, 0.05) is 91.8 Å². The van der Waals surface area contributed by atoms with E-state index in [9.17, 15) is 16.8 Å². The fourth-order valence-electron chi connectivity index (χ4n) is 8.12. The van der Waals surface area contributed by atoms with Crippen LogP contribution in [0.1, 0.15) is 28.2 Å². The molecule has 0 unspecified atom stereocenters. The van der Waals surface area contributed by atoms with E-state index in [0.717, 1.165) is 80.5 Å². The summed E-state index contributed by atoms with van der Waals surface area (Å²) in [6.07, 6.45) is 7.84. The number of fused-ring (bicyclic) bond motifs is 2. The number of sulfonamides is 2. The Balaban J connectivity index is 0.000000189. The molecule has 3 fully saturated rings. The van der Waals surface area contributed by atoms with Crippen LogP contribution in [0.15, 0.2) is 29.0 Å². The van der Waals surface area contributed by atoms with Gasteiger partial charge in [-0.1, -0.05) is 0 Å². The quantitative estimate of drug-likeness (QED) is 0.137. The topological polar surface area (TPSA) is 226 Å². The van der Waals surface area contributed by atoms with Gasteiger partial charge in [-0.05, 0) is 54.8 Å². The van der Waals surface area contributed by atoms with Gasteiger partial charge in [-0.15, -0.1) is 22.7 Å². The van der Waals surface area contributed by atoms with Gasteiger partial charge in [0.15, 0.2) is 0 Å². The number of likely N-dealkylation sites (tertiary alicyclic amines) is 1. The number of halogens is 1. The van der Waals surface area contributed by atoms with Crippen molar-refractivity contribution in [2.75, 3.05) is 119 Å². The van der Waals surface area contributed by atoms with Crippen molar-refractivity contribution < 1.29 is 40.5 Å². The number of hydrogen-bond acceptors (Lipinski definition) is 20. The lowest BCUT2D eigenvalue weighted by Gasteiger charge is -2.31. The maximum atomic E-state index is 12.0. The van der Waals surface area contributed by atoms with Crippen molar-refractivity contribution in [2.24, 2.45) is 0 Å². The SMILES string of the molecule is COc1ncc(-c2nc(N3CCOCC3)nc3c(Br)c(C)sc23)cc1NS(C)(=O)=O.COc1ncc(-c2nc(N3CCOCC3)nc3c(CN4CCC(OC)CC4)c(C)sc23)cc1NS(C)(=O)=O. The standard InChI is InChI=1S/C25H34N6O5S2.C18H20BrN5O4S2/c1-16-19(15-30-7-5-18(34-2)6-8-30)22-23(37-16)21(27-25(28-22)31-9-11-36-12-10-31)17-13-20(29-38(4,32)33)24(35-3)26-14-17;1-10-13(19)15-16(29-10)14(21-18(22-15)24-4-6-28-7-5-24)11-8-12(23-30(3,25)26)17(27-2)20-9-11/h13-14,18,29H,5-12,15H2,1-4H3;8-9,23H,4-7H2,1-3H3. The van der Waals surface area contributed by atoms with Gasteiger partial charge in [-0.25, -0.2) is 46.7 Å². The number of morpholine rings is 2. The van der Waals surface area contributed by atoms with Gasteiger partial charge in [0.25, 0.3) is 0 Å². The van der Waals surface area contributed by atoms with Crippen molar-refractivity contribution in [1.29, 1.82) is 0 Å². The molecule has 3 aliphatic rings. The van der Waals surface area contributed by atoms with Crippen LogP contribution in [0.25, 0.3) is 42.9 Å². The highest BCUT2D eigenvalue weighted by atomic mass is 79.9. The van der Waals surface area contributed by atoms with E-state index in [1.807, 2.05) is 6.92 Å². The molecule has 6 aromatic heterocycles. The average Bonchev–Trinajstić information content (AvgIpc) is 3.80. The number of thiophene rings is 2. The second-order valence-corrected chi connectivity index (χ2v) is 23.2. The fourth-order valence-corrected chi connectivity index (χ4v) is 12.0. The number of nitrogens with one attached hydrogen (secondary N) is 2. The van der Waals surface area contributed by atoms with Gasteiger partial charge in [0.1, 0.15) is 16.9 Å². The predicted octanol–water partition coefficient (Wildman–Crippen LogP) is 5.93. The molecule has 0 spiro atoms. The molecule has 0 aliphatic carbocycles. The Kier molecular flexibility index (Phi) is 15.5. The summed E-state index contributed by atoms with van der Waals surface area (Å²) < 4.78 is 82.5. The van der Waals surface area contributed by atoms with Crippen LogP contribution >= 0.6 is 38.6 Å². The van der Waals surface area contributed by atoms with Crippen LogP contribution < -0.4 is 28.7 Å². The van der Waals surface area contributed by atoms with Crippen LogP contribution in [0.2, 0.25) is 0 Å². The molecule has 9 rings (SSSR count). The molecular formula is C43H54BrN11O9S4. The second-order valence-electron chi connectivity index (χ2n) is 16.4. The number of aromatic nitrogens is 6. The Morgan fingerprint density at radius 2 is 1.15 bits per heavy atom. The second kappa shape index (κ2) is 21.2. The smallest absolute Gasteiger partial charge is 0.238 e. The van der Waals surface area contributed by atoms with Crippen molar-refractivity contribution in [3.05, 3.63) is 44.3 Å². The number of rotatable bonds is 13. The third-order valence-electron chi connectivity index (χ3n) is 11.5. The normalized spacial score (nSPS) is 16.5. The van der Waals surface area contributed by atoms with Gasteiger partial charge in [-0.2, -0.15) is 0 Å². The van der Waals surface area contributed by atoms with Gasteiger partial charge >= 0.3 is 0 Å². The Labute approximate surface area is 412 Å². The Morgan fingerprint density at radius 3 is 1.60 bits per heavy atom. The molecule has 3 aliphatic heterocycles. The summed E-state index contributed by atoms with van der Waals surface area (Å²) in [6, 6.07) is 3.41. The van der Waals surface area contributed by atoms with Crippen LogP contribution in [-0.2, 0) is 40.8 Å². The number of methoxy groups -OCH3 is 3. The molecule has 0 aromatic carbocycles. The first-order valence-electron chi connectivity index (χ1n) is 21.7. The van der Waals surface area contributed by atoms with Crippen LogP contribution in [0.4, 0.5) is 23.3 Å². The number of pyridine rings is 2. The highest BCUT2D eigenvalue weighted by molar-refractivity contribution is 9.10. The summed E-state index contributed by atoms with van der Waals surface area (Å²) in [4.78, 5) is 37.3. The molecule has 68 heavy (non-hydrogen) atoms. The van der Waals surface area contributed by atoms with E-state index in [0.29, 0.717) is 87.4 Å². The Bertz CT molecular complexity index is 3010. The molecule has 6 aromatic rings. The molecule has 0 atom stereocenters. The van der Waals surface area contributed by atoms with E-state index in [-0.39, 0.29) is 23.1 Å². The number of aryl methyl sites for hydroxylation is 2. The van der Waals surface area contributed by atoms with Gasteiger partial charge < -0.3 is 33.5 Å². The molecule has 25 heteroatoms. The van der Waals surface area contributed by atoms with E-state index in [2.05, 4.69) is 57.0 Å². The summed E-state index contributed by atoms with van der Waals surface area (Å²) >= 11 is 6.88. The monoisotopic (exact) mass is 1080 g/mol. The van der Waals surface area contributed by atoms with Crippen LogP contribution in [0, 0.1) is 13.8 Å². The molecule has 2 N–H and O–H groups in total. The third-order valence-corrected chi connectivity index (χ3v) is 16.2. The molecule has 20 nitrogen and oxygen atoms in total. The number of nitrogens with zero attached hydrogens (tertiary/aromatic N) is 9. The molecule has 3 saturated heterocycles. The first-order chi connectivity index (χ1) is 32.5. The maximum Gasteiger partial charge on any atom is 0.238 e. The summed E-state index contributed by atoms with van der Waals surface area (Å²) in [6.45, 7) is 12.2. The highest BCUT2D eigenvalue weighted by Crippen LogP contribution is 2.42. The van der Waals surface area contributed by atoms with E-state index in [1.54, 1.807) is 54.3 Å². The zero-order valence-corrected chi connectivity index (χ0v) is 43.6. The lowest BCUT2D eigenvalue weighted by atomic mass is 10.1. The predicted molar refractivity (Wildman–Crippen MR) is 270 cm³/mol. The van der Waals surface area contributed by atoms with Crippen molar-refractivity contribution >= 4 is 102 Å². The fraction of sp³-hybridized carbons (Fsp3) is 0.488. The average molecular weight is 1080 g/mol. The zero-order valence-electron chi connectivity index (χ0n) is 38.8. The minimum absolute atomic E-state index is 0.186. The molecular weight excluding hydrogens is 1020 g/mol. The third kappa shape index (κ3) is 11.5. The molecule has 9 heterocycles. The van der Waals surface area contributed by atoms with Crippen molar-refractivity contribution in [3.63, 3.8) is 0 Å². The number of piperidine rings is 1. The summed E-state index contributed by atoms with van der Waals surface area (Å²) in [5, 5.41) is 0. The van der Waals surface area contributed by atoms with Crippen molar-refractivity contribution in [3.8, 4) is 34.3 Å². The van der Waals surface area contributed by atoms with Crippen molar-refractivity contribution in [1.82, 2.24) is 34.8 Å². The minimum Gasteiger partial charge on any atom is -0.480 e. The molecule has 0 saturated carbocycles. The molecule has 0 bridgehead atoms. The first-order valence-corrected chi connectivity index (χ1v) is 27.9. The van der Waals surface area contributed by atoms with Gasteiger partial charge in [0.05, 0.1) is 90.0 Å². The van der Waals surface area contributed by atoms with Crippen LogP contribution in [0.3, 0.4) is 0 Å². The summed E-state index contributed by atoms with van der Waals surface area (Å²) in [5.74, 6) is 1.63. The Morgan fingerprint density at radius 1 is 0.691 bits per heavy atom. The number of ether oxygens (including phenoxy) is 5.